The highest BCUT2D eigenvalue weighted by atomic mass is 16.5. The Kier molecular flexibility index (Phi) is 10.6. The predicted molar refractivity (Wildman–Crippen MR) is 232 cm³/mol. The molecule has 5 heterocycles. The summed E-state index contributed by atoms with van der Waals surface area (Å²) in [6, 6.07) is 32.0. The Morgan fingerprint density at radius 2 is 0.966 bits per heavy atom. The fraction of sp³-hybridized carbons (Fsp3) is 0.184. The van der Waals surface area contributed by atoms with Crippen LogP contribution >= 0.6 is 0 Å². The average Bonchev–Trinajstić information content (AvgIpc) is 4.11. The van der Waals surface area contributed by atoms with E-state index in [1.807, 2.05) is 72.8 Å². The first-order valence-corrected chi connectivity index (χ1v) is 19.4. The van der Waals surface area contributed by atoms with Gasteiger partial charge in [-0.15, -0.1) is 0 Å². The summed E-state index contributed by atoms with van der Waals surface area (Å²) in [5.41, 5.74) is 14.3. The first kappa shape index (κ1) is 37.6. The fourth-order valence-corrected chi connectivity index (χ4v) is 7.82. The minimum atomic E-state index is 0.487. The molecule has 3 aromatic carbocycles. The van der Waals surface area contributed by atoms with Gasteiger partial charge in [-0.2, -0.15) is 10.5 Å². The second-order valence-corrected chi connectivity index (χ2v) is 14.2. The monoisotopic (exact) mass is 762 g/mol. The van der Waals surface area contributed by atoms with Crippen molar-refractivity contribution in [1.82, 2.24) is 19.9 Å². The molecule has 9 heteroatoms. The lowest BCUT2D eigenvalue weighted by Gasteiger charge is -2.14. The quantitative estimate of drug-likeness (QED) is 0.125. The highest BCUT2D eigenvalue weighted by molar-refractivity contribution is 5.98. The van der Waals surface area contributed by atoms with Crippen molar-refractivity contribution in [2.24, 2.45) is 0 Å². The number of nitrogens with zero attached hydrogens (tertiary/aromatic N) is 4. The van der Waals surface area contributed by atoms with Crippen LogP contribution in [0.2, 0.25) is 0 Å². The van der Waals surface area contributed by atoms with Gasteiger partial charge in [-0.05, 0) is 114 Å². The average molecular weight is 763 g/mol. The van der Waals surface area contributed by atoms with Gasteiger partial charge in [0.25, 0.3) is 0 Å². The number of fused-ring (bicyclic) bond motifs is 8. The lowest BCUT2D eigenvalue weighted by Crippen LogP contribution is -1.96. The number of unbranched alkanes of at least 4 members (excludes halogenated alkanes) is 3. The fourth-order valence-electron chi connectivity index (χ4n) is 7.82. The molecule has 0 saturated heterocycles. The highest BCUT2D eigenvalue weighted by Crippen LogP contribution is 2.44. The van der Waals surface area contributed by atoms with Gasteiger partial charge in [-0.25, -0.2) is 9.97 Å². The SMILES string of the molecule is CCCCCCc1c2nc(c(-c3ccc(C#N)cc3)c3ccc([nH]3)c(-c3cc(OC)c(OC)c(OC)c3)c3nc(c(-c4ccc(C#N)cc4)c4ccc1[nH]4)C=C3)C=C2. The molecule has 2 N–H and O–H groups in total. The zero-order valence-corrected chi connectivity index (χ0v) is 32.9. The summed E-state index contributed by atoms with van der Waals surface area (Å²) in [5.74, 6) is 1.51. The van der Waals surface area contributed by atoms with Crippen LogP contribution in [-0.2, 0) is 6.42 Å². The van der Waals surface area contributed by atoms with E-state index in [4.69, 9.17) is 24.2 Å². The van der Waals surface area contributed by atoms with Crippen molar-refractivity contribution in [3.8, 4) is 62.8 Å². The zero-order valence-electron chi connectivity index (χ0n) is 32.9. The Labute approximate surface area is 337 Å². The standard InChI is InChI=1S/C49H42N6O3/c1-5-6-7-8-9-35-36-18-20-38(52-36)46(32-14-10-30(28-50)11-15-32)40-22-24-42(54-40)48(34-26-44(56-2)49(58-4)45(27-34)57-3)43-25-23-41(55-43)47(39-21-19-37(35)53-39)33-16-12-31(29-51)13-17-33/h10-27,52,55H,5-9H2,1-4H3. The number of aromatic nitrogens is 4. The number of benzene rings is 3. The van der Waals surface area contributed by atoms with E-state index >= 15 is 0 Å². The van der Waals surface area contributed by atoms with E-state index in [0.717, 1.165) is 109 Å². The predicted octanol–water partition coefficient (Wildman–Crippen LogP) is 11.5. The number of ether oxygens (including phenoxy) is 3. The van der Waals surface area contributed by atoms with E-state index in [0.29, 0.717) is 28.4 Å². The number of hydrogen-bond donors (Lipinski definition) is 2. The molecule has 0 fully saturated rings. The van der Waals surface area contributed by atoms with Gasteiger partial charge < -0.3 is 24.2 Å². The van der Waals surface area contributed by atoms with Crippen molar-refractivity contribution in [3.63, 3.8) is 0 Å². The summed E-state index contributed by atoms with van der Waals surface area (Å²) >= 11 is 0. The van der Waals surface area contributed by atoms with Gasteiger partial charge in [-0.3, -0.25) is 0 Å². The van der Waals surface area contributed by atoms with E-state index in [9.17, 15) is 10.5 Å². The van der Waals surface area contributed by atoms with Gasteiger partial charge in [0.2, 0.25) is 5.75 Å². The van der Waals surface area contributed by atoms with Crippen molar-refractivity contribution in [3.05, 3.63) is 124 Å². The maximum absolute atomic E-state index is 9.63. The van der Waals surface area contributed by atoms with E-state index in [1.54, 1.807) is 21.3 Å². The molecule has 0 aliphatic carbocycles. The summed E-state index contributed by atoms with van der Waals surface area (Å²) < 4.78 is 17.3. The molecule has 8 rings (SSSR count). The van der Waals surface area contributed by atoms with Gasteiger partial charge in [0.1, 0.15) is 0 Å². The Hall–Kier alpha value is -7.36. The molecule has 0 spiro atoms. The summed E-state index contributed by atoms with van der Waals surface area (Å²) in [7, 11) is 4.80. The number of nitrogens with one attached hydrogen (secondary N) is 2. The third kappa shape index (κ3) is 7.11. The van der Waals surface area contributed by atoms with Crippen LogP contribution in [0.3, 0.4) is 0 Å². The first-order valence-electron chi connectivity index (χ1n) is 19.4. The van der Waals surface area contributed by atoms with Gasteiger partial charge in [0.15, 0.2) is 11.5 Å². The molecular weight excluding hydrogens is 721 g/mol. The molecule has 6 aromatic rings. The van der Waals surface area contributed by atoms with Crippen molar-refractivity contribution >= 4 is 46.4 Å². The molecule has 9 nitrogen and oxygen atoms in total. The minimum absolute atomic E-state index is 0.487. The Morgan fingerprint density at radius 1 is 0.517 bits per heavy atom. The zero-order chi connectivity index (χ0) is 40.2. The number of H-pyrrole nitrogens is 2. The second kappa shape index (κ2) is 16.4. The molecule has 8 bridgehead atoms. The van der Waals surface area contributed by atoms with E-state index < -0.39 is 0 Å². The first-order chi connectivity index (χ1) is 28.5. The van der Waals surface area contributed by atoms with Crippen molar-refractivity contribution in [2.45, 2.75) is 39.0 Å². The molecule has 286 valence electrons. The van der Waals surface area contributed by atoms with Crippen LogP contribution in [0.5, 0.6) is 17.2 Å². The lowest BCUT2D eigenvalue weighted by molar-refractivity contribution is 0.324. The number of nitriles is 2. The van der Waals surface area contributed by atoms with Crippen molar-refractivity contribution in [1.29, 1.82) is 10.5 Å². The number of hydrogen-bond acceptors (Lipinski definition) is 7. The third-order valence-electron chi connectivity index (χ3n) is 10.7. The Balaban J connectivity index is 1.52. The maximum atomic E-state index is 9.63. The second-order valence-electron chi connectivity index (χ2n) is 14.2. The lowest BCUT2D eigenvalue weighted by atomic mass is 10.0. The Bertz CT molecular complexity index is 2770. The van der Waals surface area contributed by atoms with Crippen LogP contribution in [0, 0.1) is 22.7 Å². The smallest absolute Gasteiger partial charge is 0.203 e. The van der Waals surface area contributed by atoms with Crippen LogP contribution in [0.4, 0.5) is 0 Å². The molecule has 0 unspecified atom stereocenters. The topological polar surface area (TPSA) is 133 Å². The Morgan fingerprint density at radius 3 is 1.43 bits per heavy atom. The molecule has 0 radical (unpaired) electrons. The van der Waals surface area contributed by atoms with Crippen LogP contribution in [0.1, 0.15) is 72.1 Å². The molecule has 0 atom stereocenters. The van der Waals surface area contributed by atoms with E-state index in [1.165, 1.54) is 6.42 Å². The van der Waals surface area contributed by atoms with Gasteiger partial charge in [-0.1, -0.05) is 50.5 Å². The molecule has 2 aliphatic heterocycles. The summed E-state index contributed by atoms with van der Waals surface area (Å²) in [4.78, 5) is 18.3. The highest BCUT2D eigenvalue weighted by Gasteiger charge is 2.21. The molecule has 58 heavy (non-hydrogen) atoms. The summed E-state index contributed by atoms with van der Waals surface area (Å²) in [6.07, 6.45) is 13.6. The van der Waals surface area contributed by atoms with E-state index in [2.05, 4.69) is 65.4 Å². The molecule has 0 saturated carbocycles. The van der Waals surface area contributed by atoms with Crippen molar-refractivity contribution < 1.29 is 14.2 Å². The van der Waals surface area contributed by atoms with E-state index in [-0.39, 0.29) is 0 Å². The summed E-state index contributed by atoms with van der Waals surface area (Å²) in [5, 5.41) is 19.3. The van der Waals surface area contributed by atoms with Crippen LogP contribution in [0.15, 0.2) is 84.9 Å². The third-order valence-corrected chi connectivity index (χ3v) is 10.7. The number of aromatic amines is 2. The number of methoxy groups -OCH3 is 3. The number of rotatable bonds is 11. The van der Waals surface area contributed by atoms with Crippen LogP contribution in [0.25, 0.3) is 79.8 Å². The van der Waals surface area contributed by atoms with Crippen molar-refractivity contribution in [2.75, 3.05) is 21.3 Å². The van der Waals surface area contributed by atoms with Gasteiger partial charge in [0.05, 0.1) is 67.4 Å². The molecular formula is C49H42N6O3. The van der Waals surface area contributed by atoms with Gasteiger partial charge >= 0.3 is 0 Å². The normalized spacial score (nSPS) is 11.6. The largest absolute Gasteiger partial charge is 0.493 e. The van der Waals surface area contributed by atoms with Crippen LogP contribution < -0.4 is 14.2 Å². The molecule has 0 amide bonds. The van der Waals surface area contributed by atoms with Gasteiger partial charge in [0, 0.05) is 44.3 Å². The molecule has 3 aromatic heterocycles. The van der Waals surface area contributed by atoms with Crippen LogP contribution in [-0.4, -0.2) is 41.3 Å². The summed E-state index contributed by atoms with van der Waals surface area (Å²) in [6.45, 7) is 2.23. The minimum Gasteiger partial charge on any atom is -0.493 e. The maximum Gasteiger partial charge on any atom is 0.203 e. The number of aryl methyl sites for hydroxylation is 1. The molecule has 2 aliphatic rings.